The Kier molecular flexibility index (Phi) is 12.7. The third-order valence-corrected chi connectivity index (χ3v) is 11.3. The molecule has 2 aliphatic rings. The van der Waals surface area contributed by atoms with Crippen LogP contribution in [0.5, 0.6) is 0 Å². The third-order valence-electron chi connectivity index (χ3n) is 9.31. The van der Waals surface area contributed by atoms with Gasteiger partial charge in [-0.3, -0.25) is 19.2 Å². The van der Waals surface area contributed by atoms with E-state index in [0.717, 1.165) is 22.3 Å². The van der Waals surface area contributed by atoms with Crippen molar-refractivity contribution in [2.75, 3.05) is 17.9 Å². The van der Waals surface area contributed by atoms with Gasteiger partial charge in [-0.1, -0.05) is 84.9 Å². The number of nitrogens with zero attached hydrogens (tertiary/aromatic N) is 1. The molecule has 1 aliphatic heterocycles. The number of benzene rings is 3. The fraction of sp³-hybridized carbons (Fsp3) is 0.421. The number of thioether (sulfide) groups is 2. The molecule has 0 saturated carbocycles. The maximum absolute atomic E-state index is 14.2. The summed E-state index contributed by atoms with van der Waals surface area (Å²) in [6.07, 6.45) is 0.424. The van der Waals surface area contributed by atoms with E-state index in [-0.39, 0.29) is 24.6 Å². The SMILES string of the molecule is CSCC[C@H](NC(=O)Cc1ccccc1)C(=O)N[C@@H](Cc1ccccc1)[C@H](O)C(=O)N1CSC(C)(C)[C@H]1C(=O)N[C@H]1c2ccccc2C[C@H]1O. The Labute approximate surface area is 302 Å². The van der Waals surface area contributed by atoms with Crippen molar-refractivity contribution in [3.05, 3.63) is 107 Å². The smallest absolute Gasteiger partial charge is 0.254 e. The van der Waals surface area contributed by atoms with E-state index >= 15 is 0 Å². The number of hydrogen-bond acceptors (Lipinski definition) is 8. The molecule has 0 radical (unpaired) electrons. The number of amides is 4. The van der Waals surface area contributed by atoms with Crippen LogP contribution in [0.15, 0.2) is 84.9 Å². The lowest BCUT2D eigenvalue weighted by atomic mass is 9.96. The molecule has 0 unspecified atom stereocenters. The highest BCUT2D eigenvalue weighted by Gasteiger charge is 2.51. The van der Waals surface area contributed by atoms with Crippen LogP contribution in [0.1, 0.15) is 48.6 Å². The average Bonchev–Trinajstić information content (AvgIpc) is 3.60. The van der Waals surface area contributed by atoms with Crippen molar-refractivity contribution in [1.82, 2.24) is 20.9 Å². The van der Waals surface area contributed by atoms with Gasteiger partial charge < -0.3 is 31.1 Å². The van der Waals surface area contributed by atoms with E-state index < -0.39 is 58.8 Å². The number of nitrogens with one attached hydrogen (secondary N) is 3. The molecule has 1 heterocycles. The molecule has 12 heteroatoms. The summed E-state index contributed by atoms with van der Waals surface area (Å²) in [4.78, 5) is 56.3. The molecule has 5 N–H and O–H groups in total. The van der Waals surface area contributed by atoms with E-state index in [4.69, 9.17) is 0 Å². The molecule has 1 saturated heterocycles. The van der Waals surface area contributed by atoms with Gasteiger partial charge in [-0.2, -0.15) is 11.8 Å². The molecule has 4 amide bonds. The molecule has 3 aromatic carbocycles. The summed E-state index contributed by atoms with van der Waals surface area (Å²) in [6.45, 7) is 3.75. The van der Waals surface area contributed by atoms with Crippen LogP contribution < -0.4 is 16.0 Å². The van der Waals surface area contributed by atoms with Crippen LogP contribution in [-0.2, 0) is 38.4 Å². The highest BCUT2D eigenvalue weighted by molar-refractivity contribution is 8.00. The maximum atomic E-state index is 14.2. The van der Waals surface area contributed by atoms with E-state index in [2.05, 4.69) is 16.0 Å². The minimum Gasteiger partial charge on any atom is -0.390 e. The molecular formula is C38H46N4O6S2. The zero-order valence-corrected chi connectivity index (χ0v) is 30.2. The van der Waals surface area contributed by atoms with Gasteiger partial charge in [0.2, 0.25) is 17.7 Å². The summed E-state index contributed by atoms with van der Waals surface area (Å²) in [6, 6.07) is 22.5. The van der Waals surface area contributed by atoms with Gasteiger partial charge in [-0.15, -0.1) is 11.8 Å². The molecule has 3 aromatic rings. The lowest BCUT2D eigenvalue weighted by molar-refractivity contribution is -0.148. The summed E-state index contributed by atoms with van der Waals surface area (Å²) in [5.41, 5.74) is 3.40. The summed E-state index contributed by atoms with van der Waals surface area (Å²) < 4.78 is -0.702. The second kappa shape index (κ2) is 16.9. The van der Waals surface area contributed by atoms with E-state index in [1.54, 1.807) is 11.8 Å². The number of aliphatic hydroxyl groups excluding tert-OH is 2. The van der Waals surface area contributed by atoms with Crippen LogP contribution in [-0.4, -0.2) is 91.7 Å². The molecular weight excluding hydrogens is 673 g/mol. The average molecular weight is 719 g/mol. The van der Waals surface area contributed by atoms with Crippen molar-refractivity contribution in [3.8, 4) is 0 Å². The molecule has 6 atom stereocenters. The quantitative estimate of drug-likeness (QED) is 0.171. The van der Waals surface area contributed by atoms with Crippen LogP contribution in [0.4, 0.5) is 0 Å². The van der Waals surface area contributed by atoms with Crippen molar-refractivity contribution in [2.24, 2.45) is 0 Å². The van der Waals surface area contributed by atoms with Crippen molar-refractivity contribution < 1.29 is 29.4 Å². The van der Waals surface area contributed by atoms with Gasteiger partial charge in [0.25, 0.3) is 5.91 Å². The number of rotatable bonds is 14. The minimum atomic E-state index is -1.69. The van der Waals surface area contributed by atoms with Gasteiger partial charge in [-0.05, 0) is 61.0 Å². The Bertz CT molecular complexity index is 1640. The molecule has 50 heavy (non-hydrogen) atoms. The Morgan fingerprint density at radius 1 is 0.940 bits per heavy atom. The van der Waals surface area contributed by atoms with E-state index in [9.17, 15) is 29.4 Å². The second-order valence-corrected chi connectivity index (χ2v) is 15.9. The molecule has 0 spiro atoms. The van der Waals surface area contributed by atoms with E-state index in [1.165, 1.54) is 16.7 Å². The molecule has 266 valence electrons. The second-order valence-electron chi connectivity index (χ2n) is 13.4. The van der Waals surface area contributed by atoms with Crippen LogP contribution in [0.2, 0.25) is 0 Å². The highest BCUT2D eigenvalue weighted by atomic mass is 32.2. The van der Waals surface area contributed by atoms with Gasteiger partial charge in [0.15, 0.2) is 6.10 Å². The van der Waals surface area contributed by atoms with Crippen molar-refractivity contribution in [2.45, 2.75) is 80.7 Å². The number of carbonyl (C=O) groups excluding carboxylic acids is 4. The van der Waals surface area contributed by atoms with Gasteiger partial charge in [0.1, 0.15) is 12.1 Å². The van der Waals surface area contributed by atoms with Gasteiger partial charge in [0, 0.05) is 11.2 Å². The molecule has 0 bridgehead atoms. The van der Waals surface area contributed by atoms with Gasteiger partial charge in [-0.25, -0.2) is 0 Å². The normalized spacial score (nSPS) is 21.1. The molecule has 1 fully saturated rings. The number of aliphatic hydroxyl groups is 2. The first kappa shape index (κ1) is 37.4. The van der Waals surface area contributed by atoms with E-state index in [1.807, 2.05) is 105 Å². The number of hydrogen-bond donors (Lipinski definition) is 5. The van der Waals surface area contributed by atoms with Crippen LogP contribution in [0.25, 0.3) is 0 Å². The standard InChI is InChI=1S/C38H46N4O6S2/c1-38(2)34(36(47)41-32-27-17-11-10-16-26(27)22-30(32)43)42(23-50-38)37(48)33(45)29(20-24-12-6-4-7-13-24)40-35(46)28(18-19-49-3)39-31(44)21-25-14-8-5-9-15-25/h4-17,28-30,32-34,43,45H,18-23H2,1-3H3,(H,39,44)(H,40,46)(H,41,47)/t28-,29-,30+,32-,33-,34+/m0/s1. The summed E-state index contributed by atoms with van der Waals surface area (Å²) in [7, 11) is 0. The van der Waals surface area contributed by atoms with Crippen molar-refractivity contribution in [3.63, 3.8) is 0 Å². The first-order chi connectivity index (χ1) is 24.0. The Hall–Kier alpha value is -3.84. The zero-order valence-electron chi connectivity index (χ0n) is 28.6. The summed E-state index contributed by atoms with van der Waals surface area (Å²) >= 11 is 2.96. The van der Waals surface area contributed by atoms with E-state index in [0.29, 0.717) is 18.6 Å². The predicted molar refractivity (Wildman–Crippen MR) is 197 cm³/mol. The van der Waals surface area contributed by atoms with Crippen LogP contribution in [0.3, 0.4) is 0 Å². The fourth-order valence-electron chi connectivity index (χ4n) is 6.66. The first-order valence-corrected chi connectivity index (χ1v) is 19.2. The summed E-state index contributed by atoms with van der Waals surface area (Å²) in [5, 5.41) is 31.3. The topological polar surface area (TPSA) is 148 Å². The van der Waals surface area contributed by atoms with Crippen LogP contribution in [0, 0.1) is 0 Å². The van der Waals surface area contributed by atoms with Gasteiger partial charge >= 0.3 is 0 Å². The molecule has 0 aromatic heterocycles. The zero-order chi connectivity index (χ0) is 35.8. The fourth-order valence-corrected chi connectivity index (χ4v) is 8.27. The Morgan fingerprint density at radius 3 is 2.26 bits per heavy atom. The third kappa shape index (κ3) is 9.08. The maximum Gasteiger partial charge on any atom is 0.254 e. The molecule has 1 aliphatic carbocycles. The Balaban J connectivity index is 1.34. The predicted octanol–water partition coefficient (Wildman–Crippen LogP) is 3.01. The van der Waals surface area contributed by atoms with Gasteiger partial charge in [0.05, 0.1) is 30.5 Å². The van der Waals surface area contributed by atoms with Crippen molar-refractivity contribution >= 4 is 47.2 Å². The number of carbonyl (C=O) groups is 4. The lowest BCUT2D eigenvalue weighted by Gasteiger charge is -2.34. The molecule has 5 rings (SSSR count). The van der Waals surface area contributed by atoms with Crippen molar-refractivity contribution in [1.29, 1.82) is 0 Å². The largest absolute Gasteiger partial charge is 0.390 e. The minimum absolute atomic E-state index is 0.105. The first-order valence-electron chi connectivity index (χ1n) is 16.8. The number of fused-ring (bicyclic) bond motifs is 1. The molecule has 10 nitrogen and oxygen atoms in total. The monoisotopic (exact) mass is 718 g/mol. The Morgan fingerprint density at radius 2 is 1.58 bits per heavy atom. The lowest BCUT2D eigenvalue weighted by Crippen LogP contribution is -2.60. The van der Waals surface area contributed by atoms with Crippen LogP contribution >= 0.6 is 23.5 Å². The summed E-state index contributed by atoms with van der Waals surface area (Å²) in [5.74, 6) is -1.18. The highest BCUT2D eigenvalue weighted by Crippen LogP contribution is 2.41.